The number of aliphatic imine (C=N–C) groups is 1. The summed E-state index contributed by atoms with van der Waals surface area (Å²) in [7, 11) is 5.10. The van der Waals surface area contributed by atoms with Gasteiger partial charge in [0.2, 0.25) is 0 Å². The van der Waals surface area contributed by atoms with Gasteiger partial charge in [0.15, 0.2) is 17.5 Å². The largest absolute Gasteiger partial charge is 0.493 e. The molecule has 1 aromatic carbocycles. The van der Waals surface area contributed by atoms with Crippen molar-refractivity contribution in [3.05, 3.63) is 47.9 Å². The van der Waals surface area contributed by atoms with E-state index < -0.39 is 0 Å². The van der Waals surface area contributed by atoms with Gasteiger partial charge >= 0.3 is 0 Å². The summed E-state index contributed by atoms with van der Waals surface area (Å²) in [4.78, 5) is 6.84. The van der Waals surface area contributed by atoms with E-state index in [0.717, 1.165) is 55.8 Å². The number of rotatable bonds is 9. The zero-order chi connectivity index (χ0) is 20.5. The fourth-order valence-corrected chi connectivity index (χ4v) is 3.72. The molecule has 7 heteroatoms. The molecule has 1 unspecified atom stereocenters. The lowest BCUT2D eigenvalue weighted by molar-refractivity contribution is 0.215. The van der Waals surface area contributed by atoms with Crippen molar-refractivity contribution in [2.24, 2.45) is 4.99 Å². The molecule has 158 valence electrons. The fraction of sp³-hybridized carbons (Fsp3) is 0.500. The van der Waals surface area contributed by atoms with Crippen molar-refractivity contribution in [3.8, 4) is 11.5 Å². The normalized spacial score (nSPS) is 15.9. The van der Waals surface area contributed by atoms with E-state index in [9.17, 15) is 0 Å². The van der Waals surface area contributed by atoms with Crippen LogP contribution in [-0.4, -0.2) is 58.3 Å². The molecule has 29 heavy (non-hydrogen) atoms. The Morgan fingerprint density at radius 3 is 2.59 bits per heavy atom. The Morgan fingerprint density at radius 1 is 1.14 bits per heavy atom. The van der Waals surface area contributed by atoms with E-state index in [1.54, 1.807) is 27.5 Å². The standard InChI is InChI=1S/C22H32N4O3/c1-23-22(24-11-10-17-8-9-20(27-2)21(15-17)28-3)25-16-18(19-7-6-14-29-19)26-12-4-5-13-26/h6-9,14-15,18H,4-5,10-13,16H2,1-3H3,(H2,23,24,25). The minimum atomic E-state index is 0.219. The maximum absolute atomic E-state index is 5.69. The second kappa shape index (κ2) is 10.8. The molecule has 0 radical (unpaired) electrons. The topological polar surface area (TPSA) is 71.3 Å². The molecule has 1 fully saturated rings. The van der Waals surface area contributed by atoms with Crippen molar-refractivity contribution in [2.75, 3.05) is 47.4 Å². The third-order valence-electron chi connectivity index (χ3n) is 5.29. The lowest BCUT2D eigenvalue weighted by Crippen LogP contribution is -2.43. The van der Waals surface area contributed by atoms with Crippen LogP contribution in [-0.2, 0) is 6.42 Å². The van der Waals surface area contributed by atoms with Crippen LogP contribution in [0.25, 0.3) is 0 Å². The molecule has 1 aliphatic rings. The Balaban J connectivity index is 1.51. The molecule has 0 bridgehead atoms. The third kappa shape index (κ3) is 5.67. The molecule has 1 atom stereocenters. The predicted octanol–water partition coefficient (Wildman–Crippen LogP) is 2.84. The van der Waals surface area contributed by atoms with Crippen LogP contribution in [0, 0.1) is 0 Å². The van der Waals surface area contributed by atoms with Gasteiger partial charge in [-0.3, -0.25) is 9.89 Å². The molecule has 2 aromatic rings. The lowest BCUT2D eigenvalue weighted by Gasteiger charge is -2.26. The molecular weight excluding hydrogens is 368 g/mol. The molecule has 1 aromatic heterocycles. The number of hydrogen-bond donors (Lipinski definition) is 2. The first-order valence-corrected chi connectivity index (χ1v) is 10.2. The van der Waals surface area contributed by atoms with E-state index in [-0.39, 0.29) is 6.04 Å². The van der Waals surface area contributed by atoms with Gasteiger partial charge in [0.05, 0.1) is 26.5 Å². The summed E-state index contributed by atoms with van der Waals surface area (Å²) in [6.07, 6.45) is 5.09. The summed E-state index contributed by atoms with van der Waals surface area (Å²) < 4.78 is 16.4. The van der Waals surface area contributed by atoms with Crippen molar-refractivity contribution in [3.63, 3.8) is 0 Å². The van der Waals surface area contributed by atoms with Crippen LogP contribution in [0.3, 0.4) is 0 Å². The zero-order valence-electron chi connectivity index (χ0n) is 17.6. The summed E-state index contributed by atoms with van der Waals surface area (Å²) >= 11 is 0. The molecule has 0 saturated carbocycles. The number of benzene rings is 1. The molecule has 2 N–H and O–H groups in total. The van der Waals surface area contributed by atoms with Crippen molar-refractivity contribution >= 4 is 5.96 Å². The molecule has 0 amide bonds. The second-order valence-electron chi connectivity index (χ2n) is 7.09. The summed E-state index contributed by atoms with van der Waals surface area (Å²) in [5, 5.41) is 6.85. The van der Waals surface area contributed by atoms with Gasteiger partial charge in [0.25, 0.3) is 0 Å². The first-order valence-electron chi connectivity index (χ1n) is 10.2. The van der Waals surface area contributed by atoms with Gasteiger partial charge in [-0.15, -0.1) is 0 Å². The molecule has 0 aliphatic carbocycles. The Hall–Kier alpha value is -2.67. The Morgan fingerprint density at radius 2 is 1.93 bits per heavy atom. The lowest BCUT2D eigenvalue weighted by atomic mass is 10.1. The highest BCUT2D eigenvalue weighted by atomic mass is 16.5. The summed E-state index contributed by atoms with van der Waals surface area (Å²) in [6, 6.07) is 10.2. The monoisotopic (exact) mass is 400 g/mol. The van der Waals surface area contributed by atoms with E-state index in [2.05, 4.69) is 32.7 Å². The second-order valence-corrected chi connectivity index (χ2v) is 7.09. The molecule has 3 rings (SSSR count). The van der Waals surface area contributed by atoms with Crippen molar-refractivity contribution in [1.29, 1.82) is 0 Å². The number of ether oxygens (including phenoxy) is 2. The van der Waals surface area contributed by atoms with E-state index in [1.807, 2.05) is 18.2 Å². The Bertz CT molecular complexity index is 770. The van der Waals surface area contributed by atoms with Crippen LogP contribution in [0.5, 0.6) is 11.5 Å². The minimum Gasteiger partial charge on any atom is -0.493 e. The molecule has 0 spiro atoms. The van der Waals surface area contributed by atoms with Gasteiger partial charge in [0.1, 0.15) is 5.76 Å². The number of hydrogen-bond acceptors (Lipinski definition) is 5. The first-order chi connectivity index (χ1) is 14.2. The zero-order valence-corrected chi connectivity index (χ0v) is 17.6. The van der Waals surface area contributed by atoms with E-state index in [4.69, 9.17) is 13.9 Å². The molecular formula is C22H32N4O3. The highest BCUT2D eigenvalue weighted by Gasteiger charge is 2.25. The van der Waals surface area contributed by atoms with Crippen LogP contribution in [0.15, 0.2) is 46.0 Å². The molecule has 1 saturated heterocycles. The summed E-state index contributed by atoms with van der Waals surface area (Å²) in [6.45, 7) is 3.74. The van der Waals surface area contributed by atoms with E-state index in [1.165, 1.54) is 18.4 Å². The maximum atomic E-state index is 5.69. The Kier molecular flexibility index (Phi) is 7.81. The highest BCUT2D eigenvalue weighted by Crippen LogP contribution is 2.27. The summed E-state index contributed by atoms with van der Waals surface area (Å²) in [5.74, 6) is 3.29. The number of furan rings is 1. The van der Waals surface area contributed by atoms with Crippen LogP contribution in [0.2, 0.25) is 0 Å². The molecule has 2 heterocycles. The van der Waals surface area contributed by atoms with E-state index in [0.29, 0.717) is 0 Å². The Labute approximate surface area is 173 Å². The minimum absolute atomic E-state index is 0.219. The smallest absolute Gasteiger partial charge is 0.191 e. The number of methoxy groups -OCH3 is 2. The van der Waals surface area contributed by atoms with Crippen LogP contribution in [0.1, 0.15) is 30.2 Å². The average molecular weight is 401 g/mol. The van der Waals surface area contributed by atoms with Gasteiger partial charge in [-0.2, -0.15) is 0 Å². The highest BCUT2D eigenvalue weighted by molar-refractivity contribution is 5.79. The van der Waals surface area contributed by atoms with Crippen LogP contribution in [0.4, 0.5) is 0 Å². The van der Waals surface area contributed by atoms with Gasteiger partial charge in [-0.05, 0) is 62.2 Å². The molecule has 1 aliphatic heterocycles. The average Bonchev–Trinajstić information content (AvgIpc) is 3.47. The van der Waals surface area contributed by atoms with Gasteiger partial charge in [-0.1, -0.05) is 6.07 Å². The maximum Gasteiger partial charge on any atom is 0.191 e. The number of likely N-dealkylation sites (tertiary alicyclic amines) is 1. The number of nitrogens with zero attached hydrogens (tertiary/aromatic N) is 2. The van der Waals surface area contributed by atoms with Crippen molar-refractivity contribution in [2.45, 2.75) is 25.3 Å². The van der Waals surface area contributed by atoms with Crippen molar-refractivity contribution < 1.29 is 13.9 Å². The van der Waals surface area contributed by atoms with Crippen LogP contribution >= 0.6 is 0 Å². The quantitative estimate of drug-likeness (QED) is 0.498. The number of guanidine groups is 1. The van der Waals surface area contributed by atoms with Crippen LogP contribution < -0.4 is 20.1 Å². The first kappa shape index (κ1) is 21.0. The van der Waals surface area contributed by atoms with Gasteiger partial charge in [0, 0.05) is 20.1 Å². The van der Waals surface area contributed by atoms with E-state index >= 15 is 0 Å². The summed E-state index contributed by atoms with van der Waals surface area (Å²) in [5.41, 5.74) is 1.18. The fourth-order valence-electron chi connectivity index (χ4n) is 3.72. The van der Waals surface area contributed by atoms with Crippen molar-refractivity contribution in [1.82, 2.24) is 15.5 Å². The number of nitrogens with one attached hydrogen (secondary N) is 2. The van der Waals surface area contributed by atoms with Gasteiger partial charge < -0.3 is 24.5 Å². The third-order valence-corrected chi connectivity index (χ3v) is 5.29. The SMILES string of the molecule is CN=C(NCCc1ccc(OC)c(OC)c1)NCC(c1ccco1)N1CCCC1. The molecule has 7 nitrogen and oxygen atoms in total. The van der Waals surface area contributed by atoms with Gasteiger partial charge in [-0.25, -0.2) is 0 Å². The predicted molar refractivity (Wildman–Crippen MR) is 115 cm³/mol.